The second-order valence-electron chi connectivity index (χ2n) is 12.2. The van der Waals surface area contributed by atoms with E-state index in [0.717, 1.165) is 36.8 Å². The molecule has 5 rings (SSSR count). The second-order valence-corrected chi connectivity index (χ2v) is 12.2. The molecule has 0 aliphatic heterocycles. The minimum atomic E-state index is -1.08. The summed E-state index contributed by atoms with van der Waals surface area (Å²) in [6, 6.07) is 11.8. The molecule has 3 aromatic rings. The Balaban J connectivity index is 1.23. The summed E-state index contributed by atoms with van der Waals surface area (Å²) in [6.07, 6.45) is 8.69. The van der Waals surface area contributed by atoms with Crippen LogP contribution in [0.4, 0.5) is 22.0 Å². The number of hydrogen-bond donors (Lipinski definition) is 0. The topological polar surface area (TPSA) is 23.8 Å². The van der Waals surface area contributed by atoms with Gasteiger partial charge in [0.1, 0.15) is 23.5 Å². The van der Waals surface area contributed by atoms with E-state index in [0.29, 0.717) is 62.5 Å². The highest BCUT2D eigenvalue weighted by atomic mass is 19.2. The molecule has 1 nitrogen and oxygen atoms in total. The van der Waals surface area contributed by atoms with Crippen LogP contribution in [-0.2, 0) is 25.7 Å². The van der Waals surface area contributed by atoms with Gasteiger partial charge < -0.3 is 0 Å². The molecule has 2 aliphatic rings. The monoisotopic (exact) mass is 579 g/mol. The Bertz CT molecular complexity index is 1460. The zero-order valence-electron chi connectivity index (χ0n) is 24.2. The summed E-state index contributed by atoms with van der Waals surface area (Å²) in [4.78, 5) is 0. The van der Waals surface area contributed by atoms with E-state index in [-0.39, 0.29) is 40.8 Å². The van der Waals surface area contributed by atoms with Crippen LogP contribution in [-0.4, -0.2) is 0 Å². The summed E-state index contributed by atoms with van der Waals surface area (Å²) in [5.74, 6) is -3.79. The first-order valence-electron chi connectivity index (χ1n) is 15.5. The average molecular weight is 580 g/mol. The Hall–Kier alpha value is -3.20. The number of rotatable bonds is 9. The van der Waals surface area contributed by atoms with E-state index >= 15 is 13.2 Å². The van der Waals surface area contributed by atoms with E-state index in [1.54, 1.807) is 12.1 Å². The minimum absolute atomic E-state index is 0.0117. The lowest BCUT2D eigenvalue weighted by molar-refractivity contribution is 0.354. The summed E-state index contributed by atoms with van der Waals surface area (Å²) >= 11 is 0. The third kappa shape index (κ3) is 6.41. The standard InChI is InChI=1S/C36H38F5N/c1-2-3-4-5-22-6-9-25(31(37)19-22)10-7-23-8-17-29-30(18-23)35(40)36(41)33(34(29)39)26-13-11-24(12-14-26)27-15-16-28(21-42)32(38)20-27/h6,9,15-16,19-20,23-24,26H,2-5,7-8,10-14,17-18H2,1H3. The van der Waals surface area contributed by atoms with Crippen LogP contribution in [0.2, 0.25) is 0 Å². The maximum absolute atomic E-state index is 15.8. The van der Waals surface area contributed by atoms with Gasteiger partial charge in [0, 0.05) is 5.56 Å². The lowest BCUT2D eigenvalue weighted by atomic mass is 9.73. The predicted molar refractivity (Wildman–Crippen MR) is 155 cm³/mol. The highest BCUT2D eigenvalue weighted by molar-refractivity contribution is 5.41. The van der Waals surface area contributed by atoms with Crippen LogP contribution in [0.5, 0.6) is 0 Å². The molecule has 0 saturated heterocycles. The van der Waals surface area contributed by atoms with Crippen LogP contribution in [0.25, 0.3) is 0 Å². The van der Waals surface area contributed by atoms with E-state index in [4.69, 9.17) is 5.26 Å². The fourth-order valence-corrected chi connectivity index (χ4v) is 7.07. The number of benzene rings is 3. The molecule has 0 aromatic heterocycles. The van der Waals surface area contributed by atoms with Gasteiger partial charge in [-0.05, 0) is 134 Å². The van der Waals surface area contributed by atoms with E-state index in [1.165, 1.54) is 12.1 Å². The average Bonchev–Trinajstić information content (AvgIpc) is 3.00. The molecule has 42 heavy (non-hydrogen) atoms. The van der Waals surface area contributed by atoms with Crippen molar-refractivity contribution in [3.8, 4) is 6.07 Å². The van der Waals surface area contributed by atoms with Crippen molar-refractivity contribution in [3.63, 3.8) is 0 Å². The van der Waals surface area contributed by atoms with Gasteiger partial charge in [0.05, 0.1) is 5.56 Å². The molecular weight excluding hydrogens is 541 g/mol. The summed E-state index contributed by atoms with van der Waals surface area (Å²) in [5, 5.41) is 8.97. The molecule has 0 heterocycles. The third-order valence-electron chi connectivity index (χ3n) is 9.58. The molecule has 0 N–H and O–H groups in total. The van der Waals surface area contributed by atoms with Crippen LogP contribution >= 0.6 is 0 Å². The first-order valence-corrected chi connectivity index (χ1v) is 15.5. The van der Waals surface area contributed by atoms with Gasteiger partial charge in [-0.25, -0.2) is 22.0 Å². The van der Waals surface area contributed by atoms with Crippen molar-refractivity contribution >= 4 is 0 Å². The maximum Gasteiger partial charge on any atom is 0.165 e. The Kier molecular flexibility index (Phi) is 9.66. The first kappa shape index (κ1) is 30.3. The predicted octanol–water partition coefficient (Wildman–Crippen LogP) is 10.2. The molecule has 1 atom stereocenters. The molecule has 222 valence electrons. The van der Waals surface area contributed by atoms with E-state index in [1.807, 2.05) is 18.2 Å². The van der Waals surface area contributed by atoms with Crippen molar-refractivity contribution in [3.05, 3.63) is 104 Å². The van der Waals surface area contributed by atoms with Crippen LogP contribution < -0.4 is 0 Å². The molecule has 1 unspecified atom stereocenters. The Morgan fingerprint density at radius 1 is 0.762 bits per heavy atom. The number of nitriles is 1. The van der Waals surface area contributed by atoms with E-state index in [9.17, 15) is 8.78 Å². The molecule has 6 heteroatoms. The molecule has 0 amide bonds. The van der Waals surface area contributed by atoms with Gasteiger partial charge >= 0.3 is 0 Å². The van der Waals surface area contributed by atoms with Gasteiger partial charge in [0.25, 0.3) is 0 Å². The number of fused-ring (bicyclic) bond motifs is 1. The van der Waals surface area contributed by atoms with Crippen molar-refractivity contribution in [1.82, 2.24) is 0 Å². The number of aryl methyl sites for hydroxylation is 2. The smallest absolute Gasteiger partial charge is 0.165 e. The molecule has 0 spiro atoms. The van der Waals surface area contributed by atoms with Crippen molar-refractivity contribution in [2.45, 2.75) is 102 Å². The first-order chi connectivity index (χ1) is 20.3. The minimum Gasteiger partial charge on any atom is -0.207 e. The van der Waals surface area contributed by atoms with Gasteiger partial charge in [-0.2, -0.15) is 5.26 Å². The van der Waals surface area contributed by atoms with Crippen LogP contribution in [0.3, 0.4) is 0 Å². The fraction of sp³-hybridized carbons (Fsp3) is 0.472. The van der Waals surface area contributed by atoms with Gasteiger partial charge in [-0.3, -0.25) is 0 Å². The summed E-state index contributed by atoms with van der Waals surface area (Å²) < 4.78 is 75.5. The van der Waals surface area contributed by atoms with E-state index < -0.39 is 29.2 Å². The highest BCUT2D eigenvalue weighted by Crippen LogP contribution is 2.45. The Morgan fingerprint density at radius 2 is 1.52 bits per heavy atom. The Labute approximate surface area is 245 Å². The molecule has 3 aromatic carbocycles. The van der Waals surface area contributed by atoms with Gasteiger partial charge in [0.2, 0.25) is 0 Å². The van der Waals surface area contributed by atoms with Crippen molar-refractivity contribution in [2.75, 3.05) is 0 Å². The fourth-order valence-electron chi connectivity index (χ4n) is 7.07. The van der Waals surface area contributed by atoms with E-state index in [2.05, 4.69) is 6.92 Å². The lowest BCUT2D eigenvalue weighted by Crippen LogP contribution is -2.23. The SMILES string of the molecule is CCCCCc1ccc(CCC2CCc3c(F)c(C4CCC(c5ccc(C#N)c(F)c5)CC4)c(F)c(F)c3C2)c(F)c1. The number of halogens is 5. The van der Waals surface area contributed by atoms with Gasteiger partial charge in [-0.15, -0.1) is 0 Å². The molecule has 1 saturated carbocycles. The summed E-state index contributed by atoms with van der Waals surface area (Å²) in [5.41, 5.74) is 2.68. The quantitative estimate of drug-likeness (QED) is 0.141. The number of nitrogens with zero attached hydrogens (tertiary/aromatic N) is 1. The van der Waals surface area contributed by atoms with Crippen molar-refractivity contribution in [2.24, 2.45) is 5.92 Å². The summed E-state index contributed by atoms with van der Waals surface area (Å²) in [6.45, 7) is 2.14. The largest absolute Gasteiger partial charge is 0.207 e. The van der Waals surface area contributed by atoms with Crippen LogP contribution in [0, 0.1) is 46.3 Å². The molecule has 0 bridgehead atoms. The van der Waals surface area contributed by atoms with Crippen molar-refractivity contribution < 1.29 is 22.0 Å². The molecule has 2 aliphatic carbocycles. The second kappa shape index (κ2) is 13.4. The number of hydrogen-bond acceptors (Lipinski definition) is 1. The zero-order valence-corrected chi connectivity index (χ0v) is 24.2. The number of unbranched alkanes of at least 4 members (excludes halogenated alkanes) is 2. The van der Waals surface area contributed by atoms with Crippen molar-refractivity contribution in [1.29, 1.82) is 5.26 Å². The highest BCUT2D eigenvalue weighted by Gasteiger charge is 2.34. The molecule has 0 radical (unpaired) electrons. The zero-order chi connectivity index (χ0) is 29.8. The van der Waals surface area contributed by atoms with Crippen LogP contribution in [0.1, 0.15) is 115 Å². The van der Waals surface area contributed by atoms with Gasteiger partial charge in [0.15, 0.2) is 11.6 Å². The molecule has 1 fully saturated rings. The molecular formula is C36H38F5N. The maximum atomic E-state index is 15.8. The third-order valence-corrected chi connectivity index (χ3v) is 9.58. The normalized spacial score (nSPS) is 20.3. The van der Waals surface area contributed by atoms with Crippen LogP contribution in [0.15, 0.2) is 36.4 Å². The van der Waals surface area contributed by atoms with Gasteiger partial charge in [-0.1, -0.05) is 38.0 Å². The lowest BCUT2D eigenvalue weighted by Gasteiger charge is -2.32. The Morgan fingerprint density at radius 3 is 2.21 bits per heavy atom. The summed E-state index contributed by atoms with van der Waals surface area (Å²) in [7, 11) is 0.